The molecule has 2 aromatic carbocycles. The number of likely N-dealkylation sites (tertiary alicyclic amines) is 1. The Labute approximate surface area is 164 Å². The fourth-order valence-corrected chi connectivity index (χ4v) is 4.29. The number of halogens is 1. The quantitative estimate of drug-likeness (QED) is 0.588. The summed E-state index contributed by atoms with van der Waals surface area (Å²) in [6.45, 7) is 0.210. The molecule has 144 valence electrons. The fraction of sp³-hybridized carbons (Fsp3) is 0.304. The molecule has 4 rings (SSSR count). The van der Waals surface area contributed by atoms with Crippen LogP contribution in [0.25, 0.3) is 0 Å². The summed E-state index contributed by atoms with van der Waals surface area (Å²) in [6.07, 6.45) is 5.25. The van der Waals surface area contributed by atoms with Crippen molar-refractivity contribution in [2.75, 3.05) is 13.7 Å². The van der Waals surface area contributed by atoms with Crippen LogP contribution in [0.1, 0.15) is 30.0 Å². The summed E-state index contributed by atoms with van der Waals surface area (Å²) in [7, 11) is 1.89. The second-order valence-corrected chi connectivity index (χ2v) is 7.52. The van der Waals surface area contributed by atoms with Gasteiger partial charge in [0.05, 0.1) is 24.5 Å². The predicted molar refractivity (Wildman–Crippen MR) is 105 cm³/mol. The summed E-state index contributed by atoms with van der Waals surface area (Å²) in [5.74, 6) is -0.923. The summed E-state index contributed by atoms with van der Waals surface area (Å²) in [5, 5.41) is 0. The molecule has 0 spiro atoms. The van der Waals surface area contributed by atoms with Gasteiger partial charge in [-0.05, 0) is 43.1 Å². The number of fused-ring (bicyclic) bond motifs is 1. The summed E-state index contributed by atoms with van der Waals surface area (Å²) in [5.41, 5.74) is 1.93. The minimum Gasteiger partial charge on any atom is -0.277 e. The Hall–Kier alpha value is -2.79. The maximum atomic E-state index is 13.4. The number of carbonyl (C=O) groups excluding carboxylic acids is 2. The Kier molecular flexibility index (Phi) is 5.09. The highest BCUT2D eigenvalue weighted by Crippen LogP contribution is 2.36. The van der Waals surface area contributed by atoms with Crippen LogP contribution in [-0.4, -0.2) is 35.3 Å². The lowest BCUT2D eigenvalue weighted by molar-refractivity contribution is -0.142. The van der Waals surface area contributed by atoms with Gasteiger partial charge in [-0.15, -0.1) is 0 Å². The normalized spacial score (nSPS) is 22.6. The third-order valence-electron chi connectivity index (χ3n) is 5.71. The van der Waals surface area contributed by atoms with Gasteiger partial charge in [0.2, 0.25) is 11.8 Å². The van der Waals surface area contributed by atoms with Crippen molar-refractivity contribution in [2.24, 2.45) is 11.8 Å². The Morgan fingerprint density at radius 1 is 0.929 bits per heavy atom. The average molecular weight is 378 g/mol. The van der Waals surface area contributed by atoms with E-state index in [2.05, 4.69) is 0 Å². The van der Waals surface area contributed by atoms with Gasteiger partial charge in [-0.3, -0.25) is 19.4 Å². The zero-order valence-corrected chi connectivity index (χ0v) is 15.8. The third-order valence-corrected chi connectivity index (χ3v) is 5.71. The number of rotatable bonds is 5. The first-order valence-electron chi connectivity index (χ1n) is 9.57. The molecule has 1 saturated heterocycles. The Morgan fingerprint density at radius 3 is 2.04 bits per heavy atom. The number of nitrogens with zero attached hydrogens (tertiary/aromatic N) is 2. The third kappa shape index (κ3) is 3.38. The largest absolute Gasteiger partial charge is 0.277 e. The van der Waals surface area contributed by atoms with Crippen molar-refractivity contribution in [2.45, 2.75) is 18.9 Å². The first-order chi connectivity index (χ1) is 13.6. The van der Waals surface area contributed by atoms with Crippen LogP contribution in [0.5, 0.6) is 0 Å². The number of amides is 2. The van der Waals surface area contributed by atoms with E-state index in [9.17, 15) is 14.0 Å². The molecule has 2 aromatic rings. The minimum absolute atomic E-state index is 0.0860. The number of allylic oxidation sites excluding steroid dienone is 2. The molecule has 1 heterocycles. The Bertz CT molecular complexity index is 869. The number of imide groups is 1. The highest BCUT2D eigenvalue weighted by molar-refractivity contribution is 6.05. The summed E-state index contributed by atoms with van der Waals surface area (Å²) >= 11 is 0. The van der Waals surface area contributed by atoms with Gasteiger partial charge >= 0.3 is 0 Å². The smallest absolute Gasteiger partial charge is 0.234 e. The monoisotopic (exact) mass is 378 g/mol. The molecular weight excluding hydrogens is 355 g/mol. The van der Waals surface area contributed by atoms with Gasteiger partial charge in [0.15, 0.2) is 0 Å². The van der Waals surface area contributed by atoms with E-state index in [1.54, 1.807) is 12.1 Å². The second-order valence-electron chi connectivity index (χ2n) is 7.52. The lowest BCUT2D eigenvalue weighted by Crippen LogP contribution is -2.42. The number of hydrogen-bond acceptors (Lipinski definition) is 3. The van der Waals surface area contributed by atoms with Gasteiger partial charge in [0, 0.05) is 0 Å². The van der Waals surface area contributed by atoms with Gasteiger partial charge in [0.1, 0.15) is 5.82 Å². The molecule has 3 atom stereocenters. The molecule has 0 bridgehead atoms. The van der Waals surface area contributed by atoms with Crippen molar-refractivity contribution in [3.63, 3.8) is 0 Å². The van der Waals surface area contributed by atoms with Crippen LogP contribution in [-0.2, 0) is 9.59 Å². The highest BCUT2D eigenvalue weighted by Gasteiger charge is 2.47. The molecule has 0 saturated carbocycles. The van der Waals surface area contributed by atoms with E-state index in [0.717, 1.165) is 11.1 Å². The van der Waals surface area contributed by atoms with Crippen LogP contribution in [0.3, 0.4) is 0 Å². The second kappa shape index (κ2) is 7.68. The van der Waals surface area contributed by atoms with Crippen LogP contribution in [0.2, 0.25) is 0 Å². The van der Waals surface area contributed by atoms with Gasteiger partial charge in [0.25, 0.3) is 0 Å². The molecule has 2 aliphatic rings. The van der Waals surface area contributed by atoms with E-state index in [1.165, 1.54) is 17.0 Å². The number of carbonyl (C=O) groups is 2. The molecule has 0 unspecified atom stereocenters. The molecular formula is C23H23FN2O2. The summed E-state index contributed by atoms with van der Waals surface area (Å²) < 4.78 is 13.4. The maximum Gasteiger partial charge on any atom is 0.234 e. The topological polar surface area (TPSA) is 40.6 Å². The molecule has 1 fully saturated rings. The van der Waals surface area contributed by atoms with E-state index in [1.807, 2.05) is 54.4 Å². The van der Waals surface area contributed by atoms with Crippen molar-refractivity contribution in [3.8, 4) is 0 Å². The van der Waals surface area contributed by atoms with Crippen LogP contribution in [0.4, 0.5) is 4.39 Å². The zero-order chi connectivity index (χ0) is 19.7. The first kappa shape index (κ1) is 18.6. The van der Waals surface area contributed by atoms with Gasteiger partial charge in [-0.1, -0.05) is 54.6 Å². The predicted octanol–water partition coefficient (Wildman–Crippen LogP) is 3.76. The lowest BCUT2D eigenvalue weighted by atomic mass is 9.85. The minimum atomic E-state index is -0.292. The van der Waals surface area contributed by atoms with Crippen LogP contribution in [0.15, 0.2) is 66.7 Å². The molecule has 1 aliphatic heterocycles. The van der Waals surface area contributed by atoms with E-state index in [4.69, 9.17) is 0 Å². The maximum absolute atomic E-state index is 13.4. The number of hydrogen-bond donors (Lipinski definition) is 0. The molecule has 5 heteroatoms. The van der Waals surface area contributed by atoms with Crippen LogP contribution in [0, 0.1) is 17.7 Å². The average Bonchev–Trinajstić information content (AvgIpc) is 2.96. The SMILES string of the molecule is CN(CN1C(=O)[C@@H]2CC=CC[C@H]2C1=O)[C@@H](c1ccccc1)c1ccc(F)cc1. The molecule has 0 radical (unpaired) electrons. The molecule has 0 N–H and O–H groups in total. The van der Waals surface area contributed by atoms with Crippen molar-refractivity contribution in [3.05, 3.63) is 83.7 Å². The van der Waals surface area contributed by atoms with Crippen LogP contribution >= 0.6 is 0 Å². The van der Waals surface area contributed by atoms with E-state index < -0.39 is 0 Å². The Balaban J connectivity index is 1.61. The fourth-order valence-electron chi connectivity index (χ4n) is 4.29. The van der Waals surface area contributed by atoms with E-state index in [0.29, 0.717) is 12.8 Å². The van der Waals surface area contributed by atoms with Crippen molar-refractivity contribution in [1.82, 2.24) is 9.80 Å². The van der Waals surface area contributed by atoms with Crippen molar-refractivity contribution in [1.29, 1.82) is 0 Å². The number of benzene rings is 2. The molecule has 28 heavy (non-hydrogen) atoms. The van der Waals surface area contributed by atoms with Crippen molar-refractivity contribution < 1.29 is 14.0 Å². The van der Waals surface area contributed by atoms with Crippen LogP contribution < -0.4 is 0 Å². The van der Waals surface area contributed by atoms with Gasteiger partial charge in [-0.2, -0.15) is 0 Å². The van der Waals surface area contributed by atoms with Crippen molar-refractivity contribution >= 4 is 11.8 Å². The standard InChI is InChI=1S/C23H23FN2O2/c1-25(15-26-22(27)19-9-5-6-10-20(19)23(26)28)21(16-7-3-2-4-8-16)17-11-13-18(24)14-12-17/h2-8,11-14,19-21H,9-10,15H2,1H3/t19-,20-,21+/m1/s1. The van der Waals surface area contributed by atoms with E-state index >= 15 is 0 Å². The first-order valence-corrected chi connectivity index (χ1v) is 9.57. The van der Waals surface area contributed by atoms with Gasteiger partial charge < -0.3 is 0 Å². The van der Waals surface area contributed by atoms with E-state index in [-0.39, 0.29) is 42.2 Å². The molecule has 4 nitrogen and oxygen atoms in total. The molecule has 2 amide bonds. The summed E-state index contributed by atoms with van der Waals surface area (Å²) in [4.78, 5) is 29.0. The summed E-state index contributed by atoms with van der Waals surface area (Å²) in [6, 6.07) is 16.0. The molecule has 1 aliphatic carbocycles. The lowest BCUT2D eigenvalue weighted by Gasteiger charge is -2.32. The highest BCUT2D eigenvalue weighted by atomic mass is 19.1. The molecule has 0 aromatic heterocycles. The van der Waals surface area contributed by atoms with Gasteiger partial charge in [-0.25, -0.2) is 4.39 Å². The zero-order valence-electron chi connectivity index (χ0n) is 15.8. The Morgan fingerprint density at radius 2 is 1.46 bits per heavy atom.